The summed E-state index contributed by atoms with van der Waals surface area (Å²) in [7, 11) is 6.94. The summed E-state index contributed by atoms with van der Waals surface area (Å²) >= 11 is 0. The van der Waals surface area contributed by atoms with Crippen molar-refractivity contribution in [3.8, 4) is 0 Å². The Bertz CT molecular complexity index is 647. The summed E-state index contributed by atoms with van der Waals surface area (Å²) in [6, 6.07) is 5.54. The molecule has 6 heteroatoms. The lowest BCUT2D eigenvalue weighted by Crippen LogP contribution is -2.21. The number of Topliss-reactive ketones (excluding diaryl/α,β-unsaturated/α-hetero) is 1. The maximum atomic E-state index is 13.2. The van der Waals surface area contributed by atoms with Gasteiger partial charge in [-0.3, -0.25) is 4.79 Å². The molecule has 0 aliphatic carbocycles. The molecule has 5 nitrogen and oxygen atoms in total. The Morgan fingerprint density at radius 2 is 1.58 bits per heavy atom. The third-order valence-electron chi connectivity index (χ3n) is 2.91. The fourth-order valence-electron chi connectivity index (χ4n) is 1.97. The van der Waals surface area contributed by atoms with Crippen molar-refractivity contribution in [2.45, 2.75) is 6.92 Å². The number of allylic oxidation sites excluding steroid dienone is 1. The van der Waals surface area contributed by atoms with Crippen molar-refractivity contribution in [3.63, 3.8) is 0 Å². The predicted octanol–water partition coefficient (Wildman–Crippen LogP) is 2.31. The average Bonchev–Trinajstić information content (AvgIpc) is 2.50. The second kappa shape index (κ2) is 8.86. The van der Waals surface area contributed by atoms with Gasteiger partial charge >= 0.3 is 5.97 Å². The normalized spacial score (nSPS) is 11.9. The molecular formula is C18H23FN2O3. The molecule has 0 saturated carbocycles. The maximum absolute atomic E-state index is 13.2. The molecule has 130 valence electrons. The molecule has 1 rings (SSSR count). The molecule has 0 heterocycles. The summed E-state index contributed by atoms with van der Waals surface area (Å²) in [6.07, 6.45) is 3.02. The van der Waals surface area contributed by atoms with E-state index >= 15 is 0 Å². The van der Waals surface area contributed by atoms with E-state index in [4.69, 9.17) is 4.74 Å². The second-order valence-electron chi connectivity index (χ2n) is 5.57. The van der Waals surface area contributed by atoms with Gasteiger partial charge in [0.1, 0.15) is 11.4 Å². The monoisotopic (exact) mass is 334 g/mol. The minimum absolute atomic E-state index is 0.0840. The van der Waals surface area contributed by atoms with E-state index in [-0.39, 0.29) is 17.8 Å². The topological polar surface area (TPSA) is 49.9 Å². The van der Waals surface area contributed by atoms with Gasteiger partial charge in [0.25, 0.3) is 0 Å². The van der Waals surface area contributed by atoms with Crippen LogP contribution in [-0.4, -0.2) is 56.3 Å². The summed E-state index contributed by atoms with van der Waals surface area (Å²) in [4.78, 5) is 28.4. The lowest BCUT2D eigenvalue weighted by molar-refractivity contribution is -0.139. The molecule has 0 unspecified atom stereocenters. The van der Waals surface area contributed by atoms with Crippen LogP contribution in [0.2, 0.25) is 0 Å². The quantitative estimate of drug-likeness (QED) is 0.331. The minimum atomic E-state index is -0.692. The SMILES string of the molecule is CCOC(=O)C(=CN(C)C)C(=O)C(=CN(C)C)c1ccc(F)cc1. The van der Waals surface area contributed by atoms with Crippen LogP contribution in [0.4, 0.5) is 4.39 Å². The first-order chi connectivity index (χ1) is 11.3. The number of hydrogen-bond acceptors (Lipinski definition) is 5. The van der Waals surface area contributed by atoms with Gasteiger partial charge in [-0.15, -0.1) is 0 Å². The largest absolute Gasteiger partial charge is 0.462 e. The molecule has 0 aromatic heterocycles. The predicted molar refractivity (Wildman–Crippen MR) is 91.5 cm³/mol. The molecule has 0 amide bonds. The fraction of sp³-hybridized carbons (Fsp3) is 0.333. The van der Waals surface area contributed by atoms with Crippen LogP contribution < -0.4 is 0 Å². The number of esters is 1. The Labute approximate surface area is 142 Å². The maximum Gasteiger partial charge on any atom is 0.343 e. The van der Waals surface area contributed by atoms with E-state index in [9.17, 15) is 14.0 Å². The third kappa shape index (κ3) is 5.53. The number of hydrogen-bond donors (Lipinski definition) is 0. The van der Waals surface area contributed by atoms with Gasteiger partial charge in [0.15, 0.2) is 0 Å². The molecule has 1 aromatic carbocycles. The van der Waals surface area contributed by atoms with Crippen molar-refractivity contribution < 1.29 is 18.7 Å². The van der Waals surface area contributed by atoms with E-state index < -0.39 is 17.6 Å². The number of benzene rings is 1. The van der Waals surface area contributed by atoms with Gasteiger partial charge in [-0.25, -0.2) is 9.18 Å². The zero-order chi connectivity index (χ0) is 18.3. The van der Waals surface area contributed by atoms with Crippen LogP contribution in [0.15, 0.2) is 42.2 Å². The highest BCUT2D eigenvalue weighted by Gasteiger charge is 2.25. The molecule has 0 aliphatic heterocycles. The van der Waals surface area contributed by atoms with Crippen molar-refractivity contribution in [1.29, 1.82) is 0 Å². The van der Waals surface area contributed by atoms with E-state index in [1.165, 1.54) is 30.5 Å². The van der Waals surface area contributed by atoms with Gasteiger partial charge < -0.3 is 14.5 Å². The fourth-order valence-corrected chi connectivity index (χ4v) is 1.97. The van der Waals surface area contributed by atoms with Gasteiger partial charge in [0.2, 0.25) is 5.78 Å². The lowest BCUT2D eigenvalue weighted by atomic mass is 9.97. The first kappa shape index (κ1) is 19.4. The van der Waals surface area contributed by atoms with Gasteiger partial charge in [-0.2, -0.15) is 0 Å². The standard InChI is InChI=1S/C18H23FN2O3/c1-6-24-18(23)16(12-21(4)5)17(22)15(11-20(2)3)13-7-9-14(19)10-8-13/h7-12H,6H2,1-5H3. The first-order valence-corrected chi connectivity index (χ1v) is 7.50. The summed E-state index contributed by atoms with van der Waals surface area (Å²) in [5.74, 6) is -1.57. The highest BCUT2D eigenvalue weighted by molar-refractivity contribution is 6.36. The molecule has 0 aliphatic rings. The smallest absolute Gasteiger partial charge is 0.343 e. The summed E-state index contributed by atoms with van der Waals surface area (Å²) in [6.45, 7) is 1.84. The van der Waals surface area contributed by atoms with Crippen LogP contribution in [0.1, 0.15) is 12.5 Å². The van der Waals surface area contributed by atoms with Crippen molar-refractivity contribution in [3.05, 3.63) is 53.6 Å². The number of ether oxygens (including phenoxy) is 1. The second-order valence-corrected chi connectivity index (χ2v) is 5.57. The first-order valence-electron chi connectivity index (χ1n) is 7.50. The highest BCUT2D eigenvalue weighted by atomic mass is 19.1. The van der Waals surface area contributed by atoms with Crippen LogP contribution in [-0.2, 0) is 14.3 Å². The molecule has 0 fully saturated rings. The van der Waals surface area contributed by atoms with E-state index in [0.717, 1.165) is 0 Å². The van der Waals surface area contributed by atoms with Crippen molar-refractivity contribution in [2.75, 3.05) is 34.8 Å². The van der Waals surface area contributed by atoms with E-state index in [2.05, 4.69) is 0 Å². The Morgan fingerprint density at radius 1 is 1.04 bits per heavy atom. The molecule has 0 saturated heterocycles. The number of carbonyl (C=O) groups is 2. The van der Waals surface area contributed by atoms with Gasteiger partial charge in [-0.1, -0.05) is 12.1 Å². The summed E-state index contributed by atoms with van der Waals surface area (Å²) in [5.41, 5.74) is 0.712. The highest BCUT2D eigenvalue weighted by Crippen LogP contribution is 2.21. The zero-order valence-electron chi connectivity index (χ0n) is 14.7. The van der Waals surface area contributed by atoms with Crippen molar-refractivity contribution in [1.82, 2.24) is 9.80 Å². The zero-order valence-corrected chi connectivity index (χ0v) is 14.7. The Kier molecular flexibility index (Phi) is 7.17. The van der Waals surface area contributed by atoms with Gasteiger partial charge in [0, 0.05) is 46.2 Å². The summed E-state index contributed by atoms with van der Waals surface area (Å²) < 4.78 is 18.1. The van der Waals surface area contributed by atoms with Crippen LogP contribution >= 0.6 is 0 Å². The Hall–Kier alpha value is -2.63. The van der Waals surface area contributed by atoms with E-state index in [0.29, 0.717) is 5.56 Å². The van der Waals surface area contributed by atoms with Gasteiger partial charge in [-0.05, 0) is 24.6 Å². The van der Waals surface area contributed by atoms with Crippen LogP contribution in [0.3, 0.4) is 0 Å². The molecule has 24 heavy (non-hydrogen) atoms. The molecule has 0 spiro atoms. The number of ketones is 1. The number of halogens is 1. The molecule has 0 radical (unpaired) electrons. The molecule has 1 aromatic rings. The van der Waals surface area contributed by atoms with Crippen molar-refractivity contribution in [2.24, 2.45) is 0 Å². The van der Waals surface area contributed by atoms with Crippen LogP contribution in [0, 0.1) is 5.82 Å². The van der Waals surface area contributed by atoms with E-state index in [1.807, 2.05) is 0 Å². The molecular weight excluding hydrogens is 311 g/mol. The number of carbonyl (C=O) groups excluding carboxylic acids is 2. The molecule has 0 N–H and O–H groups in total. The summed E-state index contributed by atoms with van der Waals surface area (Å²) in [5, 5.41) is 0. The lowest BCUT2D eigenvalue weighted by Gasteiger charge is -2.15. The van der Waals surface area contributed by atoms with Gasteiger partial charge in [0.05, 0.1) is 6.61 Å². The van der Waals surface area contributed by atoms with E-state index in [1.54, 1.807) is 51.1 Å². The number of nitrogens with zero attached hydrogens (tertiary/aromatic N) is 2. The Morgan fingerprint density at radius 3 is 2.04 bits per heavy atom. The molecule has 0 atom stereocenters. The Balaban J connectivity index is 3.36. The minimum Gasteiger partial charge on any atom is -0.462 e. The average molecular weight is 334 g/mol. The van der Waals surface area contributed by atoms with Crippen LogP contribution in [0.5, 0.6) is 0 Å². The number of rotatable bonds is 7. The third-order valence-corrected chi connectivity index (χ3v) is 2.91. The van der Waals surface area contributed by atoms with Crippen LogP contribution in [0.25, 0.3) is 5.57 Å². The van der Waals surface area contributed by atoms with Crippen molar-refractivity contribution >= 4 is 17.3 Å². The molecule has 0 bridgehead atoms.